The Morgan fingerprint density at radius 1 is 0.593 bits per heavy atom. The van der Waals surface area contributed by atoms with Crippen LogP contribution in [0.3, 0.4) is 0 Å². The highest BCUT2D eigenvalue weighted by atomic mass is 16.5. The van der Waals surface area contributed by atoms with Crippen LogP contribution in [0.4, 0.5) is 0 Å². The molecule has 4 unspecified atom stereocenters. The van der Waals surface area contributed by atoms with Crippen molar-refractivity contribution in [1.82, 2.24) is 0 Å². The van der Waals surface area contributed by atoms with E-state index in [2.05, 4.69) is 53.7 Å². The number of allylic oxidation sites excluding steroid dienone is 2. The van der Waals surface area contributed by atoms with Crippen LogP contribution in [0.15, 0.2) is 24.7 Å². The average molecular weight is 379 g/mol. The van der Waals surface area contributed by atoms with Gasteiger partial charge in [0.15, 0.2) is 0 Å². The highest BCUT2D eigenvalue weighted by molar-refractivity contribution is 4.86. The molecule has 0 aliphatic carbocycles. The molecule has 0 N–H and O–H groups in total. The Labute approximate surface area is 172 Å². The second kappa shape index (κ2) is 18.6. The van der Waals surface area contributed by atoms with Crippen LogP contribution in [0, 0.1) is 23.7 Å². The van der Waals surface area contributed by atoms with E-state index in [9.17, 15) is 0 Å². The fourth-order valence-corrected chi connectivity index (χ4v) is 3.68. The Kier molecular flexibility index (Phi) is 18.1. The molecule has 0 saturated heterocycles. The van der Waals surface area contributed by atoms with Crippen LogP contribution >= 0.6 is 0 Å². The van der Waals surface area contributed by atoms with Gasteiger partial charge in [0.25, 0.3) is 0 Å². The molecule has 0 amide bonds. The number of ether oxygens (including phenoxy) is 1. The van der Waals surface area contributed by atoms with Crippen molar-refractivity contribution in [3.63, 3.8) is 0 Å². The largest absolute Gasteiger partial charge is 0.473 e. The van der Waals surface area contributed by atoms with Gasteiger partial charge in [-0.25, -0.2) is 0 Å². The summed E-state index contributed by atoms with van der Waals surface area (Å²) in [6, 6.07) is 0. The first-order valence-corrected chi connectivity index (χ1v) is 12.1. The van der Waals surface area contributed by atoms with Crippen molar-refractivity contribution in [3.05, 3.63) is 24.7 Å². The summed E-state index contributed by atoms with van der Waals surface area (Å²) in [6.07, 6.45) is 24.3. The van der Waals surface area contributed by atoms with E-state index in [1.54, 1.807) is 0 Å². The van der Waals surface area contributed by atoms with Gasteiger partial charge in [0.1, 0.15) is 0 Å². The molecule has 0 saturated carbocycles. The van der Waals surface area contributed by atoms with Crippen molar-refractivity contribution in [3.8, 4) is 0 Å². The lowest BCUT2D eigenvalue weighted by Crippen LogP contribution is -2.02. The van der Waals surface area contributed by atoms with E-state index in [1.807, 2.05) is 12.5 Å². The van der Waals surface area contributed by atoms with Crippen molar-refractivity contribution in [2.75, 3.05) is 0 Å². The predicted octanol–water partition coefficient (Wildman–Crippen LogP) is 9.30. The van der Waals surface area contributed by atoms with Gasteiger partial charge in [-0.1, -0.05) is 92.9 Å². The third-order valence-corrected chi connectivity index (χ3v) is 6.12. The molecule has 0 radical (unpaired) electrons. The van der Waals surface area contributed by atoms with Gasteiger partial charge in [0.2, 0.25) is 0 Å². The van der Waals surface area contributed by atoms with Crippen molar-refractivity contribution < 1.29 is 4.74 Å². The summed E-state index contributed by atoms with van der Waals surface area (Å²) in [5.41, 5.74) is 0. The van der Waals surface area contributed by atoms with Crippen LogP contribution in [0.2, 0.25) is 0 Å². The molecule has 1 nitrogen and oxygen atoms in total. The minimum atomic E-state index is 0.607. The average Bonchev–Trinajstić information content (AvgIpc) is 2.68. The molecule has 0 bridgehead atoms. The monoisotopic (exact) mass is 378 g/mol. The van der Waals surface area contributed by atoms with Crippen LogP contribution in [-0.4, -0.2) is 0 Å². The molecule has 4 atom stereocenters. The third-order valence-electron chi connectivity index (χ3n) is 6.12. The molecule has 0 aromatic carbocycles. The zero-order valence-corrected chi connectivity index (χ0v) is 19.5. The maximum atomic E-state index is 5.61. The lowest BCUT2D eigenvalue weighted by molar-refractivity contribution is 0.369. The summed E-state index contributed by atoms with van der Waals surface area (Å²) >= 11 is 0. The predicted molar refractivity (Wildman–Crippen MR) is 123 cm³/mol. The Bertz CT molecular complexity index is 323. The van der Waals surface area contributed by atoms with Gasteiger partial charge in [0, 0.05) is 0 Å². The first-order chi connectivity index (χ1) is 13.1. The van der Waals surface area contributed by atoms with Gasteiger partial charge in [-0.2, -0.15) is 0 Å². The Morgan fingerprint density at radius 3 is 1.33 bits per heavy atom. The summed E-state index contributed by atoms with van der Waals surface area (Å²) in [5.74, 6) is 3.03. The molecule has 160 valence electrons. The smallest absolute Gasteiger partial charge is 0.0864 e. The van der Waals surface area contributed by atoms with Crippen molar-refractivity contribution in [2.45, 2.75) is 119 Å². The second-order valence-corrected chi connectivity index (χ2v) is 8.74. The van der Waals surface area contributed by atoms with Crippen molar-refractivity contribution >= 4 is 0 Å². The summed E-state index contributed by atoms with van der Waals surface area (Å²) < 4.78 is 5.61. The molecule has 0 fully saturated rings. The summed E-state index contributed by atoms with van der Waals surface area (Å²) in [7, 11) is 0. The topological polar surface area (TPSA) is 9.23 Å². The van der Waals surface area contributed by atoms with Crippen molar-refractivity contribution in [2.24, 2.45) is 23.7 Å². The lowest BCUT2D eigenvalue weighted by atomic mass is 9.91. The SMILES string of the molecule is CCCCC(CC)CCC(C)C=COC=CC(C)CCC(CC)CCCC. The molecule has 0 aliphatic rings. The third kappa shape index (κ3) is 16.0. The van der Waals surface area contributed by atoms with Crippen LogP contribution in [0.5, 0.6) is 0 Å². The molecule has 27 heavy (non-hydrogen) atoms. The van der Waals surface area contributed by atoms with Gasteiger partial charge in [0.05, 0.1) is 12.5 Å². The van der Waals surface area contributed by atoms with Crippen molar-refractivity contribution in [1.29, 1.82) is 0 Å². The molecule has 0 aromatic heterocycles. The maximum Gasteiger partial charge on any atom is 0.0864 e. The number of rotatable bonds is 18. The summed E-state index contributed by atoms with van der Waals surface area (Å²) in [6.45, 7) is 13.9. The minimum absolute atomic E-state index is 0.607. The first kappa shape index (κ1) is 26.3. The van der Waals surface area contributed by atoms with E-state index in [-0.39, 0.29) is 0 Å². The standard InChI is InChI=1S/C26H50O/c1-7-11-13-25(9-3)17-15-23(5)19-21-27-22-20-24(6)16-18-26(10-4)14-12-8-2/h19-26H,7-18H2,1-6H3. The molecule has 0 rings (SSSR count). The number of hydrogen-bond acceptors (Lipinski definition) is 1. The van der Waals surface area contributed by atoms with Gasteiger partial charge in [-0.15, -0.1) is 0 Å². The number of unbranched alkanes of at least 4 members (excludes halogenated alkanes) is 2. The first-order valence-electron chi connectivity index (χ1n) is 12.1. The van der Waals surface area contributed by atoms with Crippen LogP contribution in [0.25, 0.3) is 0 Å². The number of hydrogen-bond donors (Lipinski definition) is 0. The summed E-state index contributed by atoms with van der Waals surface area (Å²) in [4.78, 5) is 0. The Morgan fingerprint density at radius 2 is 1.00 bits per heavy atom. The van der Waals surface area contributed by atoms with E-state index >= 15 is 0 Å². The zero-order valence-electron chi connectivity index (χ0n) is 19.5. The quantitative estimate of drug-likeness (QED) is 0.216. The molecule has 0 aliphatic heterocycles. The van der Waals surface area contributed by atoms with E-state index in [4.69, 9.17) is 4.74 Å². The van der Waals surface area contributed by atoms with Gasteiger partial charge < -0.3 is 4.74 Å². The highest BCUT2D eigenvalue weighted by Gasteiger charge is 2.08. The van der Waals surface area contributed by atoms with E-state index in [0.29, 0.717) is 11.8 Å². The van der Waals surface area contributed by atoms with E-state index < -0.39 is 0 Å². The Balaban J connectivity index is 3.94. The molecule has 1 heteroatoms. The van der Waals surface area contributed by atoms with Crippen LogP contribution in [0.1, 0.15) is 119 Å². The van der Waals surface area contributed by atoms with Gasteiger partial charge in [-0.05, 0) is 61.5 Å². The fourth-order valence-electron chi connectivity index (χ4n) is 3.68. The van der Waals surface area contributed by atoms with E-state index in [0.717, 1.165) is 11.8 Å². The highest BCUT2D eigenvalue weighted by Crippen LogP contribution is 2.22. The lowest BCUT2D eigenvalue weighted by Gasteiger charge is -2.16. The summed E-state index contributed by atoms with van der Waals surface area (Å²) in [5, 5.41) is 0. The normalized spacial score (nSPS) is 16.7. The minimum Gasteiger partial charge on any atom is -0.473 e. The molecular formula is C26H50O. The molecule has 0 aromatic rings. The van der Waals surface area contributed by atoms with Gasteiger partial charge in [-0.3, -0.25) is 0 Å². The molecule has 0 spiro atoms. The maximum absolute atomic E-state index is 5.61. The van der Waals surface area contributed by atoms with Crippen LogP contribution < -0.4 is 0 Å². The zero-order chi connectivity index (χ0) is 20.3. The fraction of sp³-hybridized carbons (Fsp3) is 0.846. The van der Waals surface area contributed by atoms with Gasteiger partial charge >= 0.3 is 0 Å². The van der Waals surface area contributed by atoms with E-state index in [1.165, 1.54) is 77.0 Å². The molecule has 0 heterocycles. The Hall–Kier alpha value is -0.720. The second-order valence-electron chi connectivity index (χ2n) is 8.74. The van der Waals surface area contributed by atoms with Crippen LogP contribution in [-0.2, 0) is 4.74 Å². The molecular weight excluding hydrogens is 328 g/mol.